The molecule has 2 aromatic rings. The largest absolute Gasteiger partial charge is 0.303 e. The van der Waals surface area contributed by atoms with Crippen molar-refractivity contribution >= 4 is 41.6 Å². The SMILES string of the molecule is C[Si](CCCN1CCCCC1)(c1ccc(Cl)cc1)c1ccc(Cl)cc1. The number of rotatable bonds is 6. The number of nitrogens with zero attached hydrogens (tertiary/aromatic N) is 1. The first-order valence-electron chi connectivity index (χ1n) is 9.32. The number of likely N-dealkylation sites (tertiary alicyclic amines) is 1. The molecule has 4 heteroatoms. The Labute approximate surface area is 163 Å². The van der Waals surface area contributed by atoms with Gasteiger partial charge in [0.2, 0.25) is 0 Å². The first-order chi connectivity index (χ1) is 12.1. The minimum atomic E-state index is -1.78. The highest BCUT2D eigenvalue weighted by molar-refractivity contribution is 7.01. The third kappa shape index (κ3) is 4.88. The van der Waals surface area contributed by atoms with Crippen LogP contribution in [0.2, 0.25) is 22.6 Å². The molecule has 1 aliphatic heterocycles. The fourth-order valence-electron chi connectivity index (χ4n) is 3.93. The first kappa shape index (κ1) is 19.0. The van der Waals surface area contributed by atoms with Gasteiger partial charge in [-0.2, -0.15) is 0 Å². The average Bonchev–Trinajstić information content (AvgIpc) is 2.63. The van der Waals surface area contributed by atoms with Crippen molar-refractivity contribution in [1.29, 1.82) is 0 Å². The van der Waals surface area contributed by atoms with E-state index >= 15 is 0 Å². The van der Waals surface area contributed by atoms with Gasteiger partial charge in [-0.15, -0.1) is 0 Å². The van der Waals surface area contributed by atoms with Crippen molar-refractivity contribution in [3.05, 3.63) is 58.6 Å². The van der Waals surface area contributed by atoms with Crippen LogP contribution in [0.3, 0.4) is 0 Å². The second-order valence-corrected chi connectivity index (χ2v) is 12.5. The van der Waals surface area contributed by atoms with Crippen LogP contribution in [-0.2, 0) is 0 Å². The molecule has 2 aromatic carbocycles. The summed E-state index contributed by atoms with van der Waals surface area (Å²) in [6.07, 6.45) is 5.39. The molecule has 1 nitrogen and oxygen atoms in total. The Morgan fingerprint density at radius 1 is 0.800 bits per heavy atom. The molecule has 0 aliphatic carbocycles. The standard InChI is InChI=1S/C21H27Cl2NSi/c1-25(20-10-6-18(22)7-11-20,21-12-8-19(23)9-13-21)17-5-16-24-14-3-2-4-15-24/h6-13H,2-5,14-17H2,1H3. The zero-order valence-electron chi connectivity index (χ0n) is 15.0. The van der Waals surface area contributed by atoms with E-state index in [0.29, 0.717) is 0 Å². The van der Waals surface area contributed by atoms with Crippen LogP contribution < -0.4 is 10.4 Å². The lowest BCUT2D eigenvalue weighted by molar-refractivity contribution is 0.229. The molecule has 0 spiro atoms. The van der Waals surface area contributed by atoms with Crippen LogP contribution in [0, 0.1) is 0 Å². The van der Waals surface area contributed by atoms with E-state index < -0.39 is 8.07 Å². The molecule has 0 radical (unpaired) electrons. The van der Waals surface area contributed by atoms with Crippen molar-refractivity contribution in [1.82, 2.24) is 4.90 Å². The summed E-state index contributed by atoms with van der Waals surface area (Å²) in [6, 6.07) is 18.3. The fourth-order valence-corrected chi connectivity index (χ4v) is 7.76. The van der Waals surface area contributed by atoms with Gasteiger partial charge < -0.3 is 4.90 Å². The second kappa shape index (κ2) is 8.72. The zero-order valence-corrected chi connectivity index (χ0v) is 17.5. The van der Waals surface area contributed by atoms with Crippen LogP contribution in [0.15, 0.2) is 48.5 Å². The van der Waals surface area contributed by atoms with Crippen molar-refractivity contribution in [2.75, 3.05) is 19.6 Å². The fraction of sp³-hybridized carbons (Fsp3) is 0.429. The minimum absolute atomic E-state index is 0.810. The molecule has 25 heavy (non-hydrogen) atoms. The van der Waals surface area contributed by atoms with Crippen LogP contribution in [0.5, 0.6) is 0 Å². The maximum absolute atomic E-state index is 6.13. The van der Waals surface area contributed by atoms with Gasteiger partial charge in [0.15, 0.2) is 0 Å². The quantitative estimate of drug-likeness (QED) is 0.621. The Kier molecular flexibility index (Phi) is 6.62. The Bertz CT molecular complexity index is 618. The molecule has 0 N–H and O–H groups in total. The smallest absolute Gasteiger partial charge is 0.115 e. The monoisotopic (exact) mass is 391 g/mol. The predicted octanol–water partition coefficient (Wildman–Crippen LogP) is 5.06. The molecule has 1 aliphatic rings. The highest BCUT2D eigenvalue weighted by Gasteiger charge is 2.31. The molecule has 0 amide bonds. The van der Waals surface area contributed by atoms with Crippen molar-refractivity contribution in [3.63, 3.8) is 0 Å². The molecule has 0 aromatic heterocycles. The van der Waals surface area contributed by atoms with Gasteiger partial charge in [0.25, 0.3) is 0 Å². The average molecular weight is 392 g/mol. The third-order valence-electron chi connectivity index (χ3n) is 5.56. The third-order valence-corrected chi connectivity index (χ3v) is 10.6. The molecule has 0 unspecified atom stereocenters. The number of piperidine rings is 1. The van der Waals surface area contributed by atoms with Gasteiger partial charge in [-0.3, -0.25) is 0 Å². The predicted molar refractivity (Wildman–Crippen MR) is 114 cm³/mol. The number of halogens is 2. The van der Waals surface area contributed by atoms with E-state index in [1.807, 2.05) is 24.3 Å². The lowest BCUT2D eigenvalue weighted by atomic mass is 10.1. The summed E-state index contributed by atoms with van der Waals surface area (Å²) in [5.41, 5.74) is 0. The van der Waals surface area contributed by atoms with Crippen molar-refractivity contribution in [3.8, 4) is 0 Å². The van der Waals surface area contributed by atoms with E-state index in [2.05, 4.69) is 35.7 Å². The molecule has 3 rings (SSSR count). The summed E-state index contributed by atoms with van der Waals surface area (Å²) in [6.45, 7) is 6.26. The molecule has 1 saturated heterocycles. The van der Waals surface area contributed by atoms with Crippen LogP contribution in [0.4, 0.5) is 0 Å². The van der Waals surface area contributed by atoms with Gasteiger partial charge in [0, 0.05) is 10.0 Å². The maximum atomic E-state index is 6.13. The summed E-state index contributed by atoms with van der Waals surface area (Å²) in [5.74, 6) is 0. The number of hydrogen-bond acceptors (Lipinski definition) is 1. The van der Waals surface area contributed by atoms with E-state index in [0.717, 1.165) is 10.0 Å². The van der Waals surface area contributed by atoms with Crippen LogP contribution in [0.25, 0.3) is 0 Å². The van der Waals surface area contributed by atoms with E-state index in [4.69, 9.17) is 23.2 Å². The lowest BCUT2D eigenvalue weighted by Crippen LogP contribution is -2.55. The van der Waals surface area contributed by atoms with Gasteiger partial charge >= 0.3 is 0 Å². The molecule has 1 fully saturated rings. The molecule has 134 valence electrons. The van der Waals surface area contributed by atoms with Gasteiger partial charge in [0.1, 0.15) is 8.07 Å². The van der Waals surface area contributed by atoms with Crippen LogP contribution in [0.1, 0.15) is 25.7 Å². The van der Waals surface area contributed by atoms with Gasteiger partial charge in [0.05, 0.1) is 0 Å². The van der Waals surface area contributed by atoms with Gasteiger partial charge in [-0.25, -0.2) is 0 Å². The number of hydrogen-bond donors (Lipinski definition) is 0. The van der Waals surface area contributed by atoms with Gasteiger partial charge in [-0.1, -0.05) is 70.8 Å². The Balaban J connectivity index is 1.78. The Hall–Kier alpha value is -0.803. The Morgan fingerprint density at radius 3 is 1.76 bits per heavy atom. The van der Waals surface area contributed by atoms with Gasteiger partial charge in [-0.05, 0) is 69.2 Å². The van der Waals surface area contributed by atoms with Crippen molar-refractivity contribution in [2.45, 2.75) is 38.3 Å². The van der Waals surface area contributed by atoms with E-state index in [1.54, 1.807) is 0 Å². The highest BCUT2D eigenvalue weighted by atomic mass is 35.5. The van der Waals surface area contributed by atoms with E-state index in [9.17, 15) is 0 Å². The topological polar surface area (TPSA) is 3.24 Å². The second-order valence-electron chi connectivity index (χ2n) is 7.35. The number of benzene rings is 2. The summed E-state index contributed by atoms with van der Waals surface area (Å²) in [7, 11) is -1.78. The van der Waals surface area contributed by atoms with E-state index in [1.165, 1.54) is 61.7 Å². The Morgan fingerprint density at radius 2 is 1.28 bits per heavy atom. The summed E-state index contributed by atoms with van der Waals surface area (Å²) < 4.78 is 0. The minimum Gasteiger partial charge on any atom is -0.303 e. The molecule has 0 bridgehead atoms. The van der Waals surface area contributed by atoms with E-state index in [-0.39, 0.29) is 0 Å². The molecule has 0 saturated carbocycles. The van der Waals surface area contributed by atoms with Crippen LogP contribution >= 0.6 is 23.2 Å². The summed E-state index contributed by atoms with van der Waals surface area (Å²) in [5, 5.41) is 4.53. The molecular formula is C21H27Cl2NSi. The normalized spacial score (nSPS) is 16.1. The van der Waals surface area contributed by atoms with Crippen molar-refractivity contribution in [2.24, 2.45) is 0 Å². The molecule has 0 atom stereocenters. The van der Waals surface area contributed by atoms with Crippen molar-refractivity contribution < 1.29 is 0 Å². The highest BCUT2D eigenvalue weighted by Crippen LogP contribution is 2.18. The summed E-state index contributed by atoms with van der Waals surface area (Å²) >= 11 is 12.3. The maximum Gasteiger partial charge on any atom is 0.115 e. The lowest BCUT2D eigenvalue weighted by Gasteiger charge is -2.31. The molecular weight excluding hydrogens is 365 g/mol. The summed E-state index contributed by atoms with van der Waals surface area (Å²) in [4.78, 5) is 2.64. The first-order valence-corrected chi connectivity index (χ1v) is 12.8. The van der Waals surface area contributed by atoms with Crippen LogP contribution in [-0.4, -0.2) is 32.6 Å². The molecule has 1 heterocycles. The zero-order chi connectivity index (χ0) is 17.7.